The molecule has 3 radical (unpaired) electrons. The maximum atomic E-state index is 11.8. The van der Waals surface area contributed by atoms with Gasteiger partial charge in [-0.25, -0.2) is 0 Å². The number of carbonyl (C=O) groups is 2. The van der Waals surface area contributed by atoms with E-state index in [0.29, 0.717) is 36.8 Å². The Balaban J connectivity index is -0.000000170. The van der Waals surface area contributed by atoms with Crippen LogP contribution in [0.2, 0.25) is 0 Å². The first kappa shape index (κ1) is 71.1. The Morgan fingerprint density at radius 2 is 1.15 bits per heavy atom. The van der Waals surface area contributed by atoms with Gasteiger partial charge in [0.15, 0.2) is 0 Å². The third-order valence-corrected chi connectivity index (χ3v) is 9.05. The number of nitrogens with one attached hydrogen (secondary N) is 1. The zero-order valence-corrected chi connectivity index (χ0v) is 59.2. The number of nitrogens with zero attached hydrogens (tertiary/aromatic N) is 6. The molecule has 3 fully saturated rings. The van der Waals surface area contributed by atoms with Gasteiger partial charge in [-0.3, -0.25) is 28.9 Å². The van der Waals surface area contributed by atoms with Crippen LogP contribution in [-0.4, -0.2) is 105 Å². The minimum Gasteiger partial charge on any atom is -0.397 e. The van der Waals surface area contributed by atoms with Gasteiger partial charge in [-0.05, 0) is 70.5 Å². The Bertz CT molecular complexity index is 2260. The number of likely N-dealkylation sites (N-methyl/N-ethyl adjacent to an activating group) is 1. The molecule has 0 aliphatic carbocycles. The first-order chi connectivity index (χ1) is 34.2. The summed E-state index contributed by atoms with van der Waals surface area (Å²) in [6.45, 7) is 14.9. The molecule has 3 aliphatic rings. The van der Waals surface area contributed by atoms with E-state index in [0.717, 1.165) is 12.0 Å². The Hall–Kier alpha value is 0.137. The number of hydrogen-bond acceptors (Lipinski definition) is 14. The molecule has 3 saturated heterocycles. The minimum atomic E-state index is -0.570. The first-order valence-corrected chi connectivity index (χ1v) is 20.2. The van der Waals surface area contributed by atoms with Gasteiger partial charge in [0.2, 0.25) is 10.2 Å². The second-order valence-corrected chi connectivity index (χ2v) is 14.2. The van der Waals surface area contributed by atoms with Crippen LogP contribution in [0.3, 0.4) is 0 Å². The average molecular weight is 1740 g/mol. The van der Waals surface area contributed by atoms with E-state index in [1.165, 1.54) is 67.3 Å². The summed E-state index contributed by atoms with van der Waals surface area (Å²) >= 11 is 0. The van der Waals surface area contributed by atoms with Gasteiger partial charge >= 0.3 is 0 Å². The van der Waals surface area contributed by atoms with Gasteiger partial charge in [0.05, 0.1) is 25.4 Å². The van der Waals surface area contributed by atoms with Gasteiger partial charge in [0.25, 0.3) is 17.1 Å². The summed E-state index contributed by atoms with van der Waals surface area (Å²) in [5.41, 5.74) is 0.476. The van der Waals surface area contributed by atoms with Crippen molar-refractivity contribution in [1.82, 2.24) is 34.0 Å². The fraction of sp³-hybridized carbons (Fsp3) is 0.511. The van der Waals surface area contributed by atoms with Gasteiger partial charge in [-0.15, -0.1) is 58.7 Å². The second-order valence-electron chi connectivity index (χ2n) is 14.2. The summed E-state index contributed by atoms with van der Waals surface area (Å²) in [6.07, 6.45) is 27.0. The summed E-state index contributed by atoms with van der Waals surface area (Å²) in [7, 11) is 3.75. The van der Waals surface area contributed by atoms with Gasteiger partial charge in [0, 0.05) is 185 Å². The van der Waals surface area contributed by atoms with Crippen LogP contribution in [-0.2, 0) is 185 Å². The predicted molar refractivity (Wildman–Crippen MR) is 249 cm³/mol. The molecular weight excluding hydrogens is 1660 g/mol. The van der Waals surface area contributed by atoms with E-state index in [1.54, 1.807) is 25.4 Å². The first-order valence-electron chi connectivity index (χ1n) is 24.5. The van der Waals surface area contributed by atoms with Crippen LogP contribution >= 0.6 is 0 Å². The van der Waals surface area contributed by atoms with Crippen LogP contribution in [0.4, 0.5) is 0 Å². The fourth-order valence-corrected chi connectivity index (χ4v) is 5.83. The molecule has 8 atom stereocenters. The molecule has 3 aromatic rings. The third-order valence-electron chi connectivity index (χ3n) is 9.05. The van der Waals surface area contributed by atoms with Crippen molar-refractivity contribution < 1.29 is 205 Å². The molecule has 1 amide bonds. The molecule has 18 nitrogen and oxygen atoms in total. The molecule has 0 bridgehead atoms. The van der Waals surface area contributed by atoms with Crippen molar-refractivity contribution in [3.05, 3.63) is 123 Å². The molecule has 391 valence electrons. The zero-order valence-electron chi connectivity index (χ0n) is 47.9. The minimum absolute atomic E-state index is 0. The van der Waals surface area contributed by atoms with Crippen LogP contribution in [0, 0.1) is 55.6 Å². The van der Waals surface area contributed by atoms with Crippen molar-refractivity contribution in [3.63, 3.8) is 0 Å². The Labute approximate surface area is 547 Å². The maximum Gasteiger partial charge on any atom is 0.260 e. The van der Waals surface area contributed by atoms with E-state index < -0.39 is 35.8 Å². The molecule has 0 spiro atoms. The number of rotatable bonds is 15. The van der Waals surface area contributed by atoms with Crippen LogP contribution in [0.25, 0.3) is 18.2 Å². The molecule has 3 aromatic heterocycles. The summed E-state index contributed by atoms with van der Waals surface area (Å²) < 4.78 is 57.8. The third kappa shape index (κ3) is 29.5. The number of ketones is 1. The Morgan fingerprint density at radius 1 is 0.746 bits per heavy atom. The van der Waals surface area contributed by atoms with Crippen LogP contribution in [0.1, 0.15) is 117 Å². The van der Waals surface area contributed by atoms with Crippen molar-refractivity contribution in [1.29, 1.82) is 4.29 Å². The van der Waals surface area contributed by atoms with Crippen LogP contribution in [0.15, 0.2) is 51.2 Å². The molecule has 6 rings (SSSR count). The monoisotopic (exact) mass is 1740 g/mol. The molecule has 3 aliphatic heterocycles. The van der Waals surface area contributed by atoms with E-state index in [1.807, 2.05) is 66.0 Å². The normalized spacial score (nSPS) is 22.1. The standard InChI is InChI=1S/C14H17N3O3.C14H16N2O4.C14H18N2O3.C2H6O.3CH4.3W.3Y/c1-3-15-12(18)5-4-11-7-16-14(19)17(8-11)13-6-10(2)9-20-13;1-9-5-13(20-12(9)8-17)16-7-11(4-3-10(2)18)6-15-14(16)19;1-3-4-5-11-7-15-14(18)16(8-11)13-6-10(2)12(9-17)19-13;1-2-3;;;;;;;;;/h4-6,8,10,13H,3,9H2,1-2H3,(H,15,18);3-5,7,9,12-13,17H,8H2,1-2H3;4-6,8,10,12-13,17H,3,9H2,1-2H3;3H,2H2,1H3;3*1H4;;;;;;/q3*-2;;;;;;;;;;/b5-4+;4-3+;5-4+;;;;;;;;;;/t10?,13-;9?,12-,13-;10?,12-,13-;;;;;;;;;;/m111........../s1/i;2*17D;3D;3*1T;;;;;;. The van der Waals surface area contributed by atoms with Crippen molar-refractivity contribution in [2.75, 3.05) is 33.0 Å². The van der Waals surface area contributed by atoms with Crippen molar-refractivity contribution in [2.45, 2.75) is 108 Å². The van der Waals surface area contributed by atoms with Crippen molar-refractivity contribution >= 4 is 29.9 Å². The number of allylic oxidation sites excluding steroid dienone is 2. The predicted octanol–water partition coefficient (Wildman–Crippen LogP) is 4.03. The number of aromatic nitrogens is 6. The summed E-state index contributed by atoms with van der Waals surface area (Å²) in [6, 6.07) is 0. The number of ether oxygens (including phenoxy) is 3. The smallest absolute Gasteiger partial charge is 0.260 e. The average Bonchev–Trinajstić information content (AvgIpc) is 4.10. The molecule has 71 heavy (non-hydrogen) atoms. The quantitative estimate of drug-likeness (QED) is 0.124. The number of amides is 1. The van der Waals surface area contributed by atoms with Crippen LogP contribution in [0.5, 0.6) is 0 Å². The molecule has 24 heteroatoms. The molecular formula is C47H69N7O11W3Y3-6. The van der Waals surface area contributed by atoms with Crippen LogP contribution < -0.4 is 22.4 Å². The Morgan fingerprint density at radius 3 is 1.51 bits per heavy atom. The van der Waals surface area contributed by atoms with Gasteiger partial charge in [-0.1, -0.05) is 74.6 Å². The van der Waals surface area contributed by atoms with Crippen molar-refractivity contribution in [2.24, 2.45) is 17.8 Å². The summed E-state index contributed by atoms with van der Waals surface area (Å²) in [5, 5.41) is 15.2. The molecule has 3 unspecified atom stereocenters. The number of aliphatic hydroxyl groups excluding tert-OH is 3. The largest absolute Gasteiger partial charge is 0.397 e. The van der Waals surface area contributed by atoms with Gasteiger partial charge in [-0.2, -0.15) is 0 Å². The Kier molecular flexibility index (Phi) is 46.3. The van der Waals surface area contributed by atoms with E-state index in [4.69, 9.17) is 22.6 Å². The van der Waals surface area contributed by atoms with E-state index >= 15 is 0 Å². The zero-order chi connectivity index (χ0) is 53.9. The fourth-order valence-electron chi connectivity index (χ4n) is 5.83. The van der Waals surface area contributed by atoms with Crippen molar-refractivity contribution in [3.8, 4) is 0 Å². The summed E-state index contributed by atoms with van der Waals surface area (Å²) in [4.78, 5) is 68.7. The van der Waals surface area contributed by atoms with Gasteiger partial charge < -0.3 is 77.9 Å². The maximum absolute atomic E-state index is 11.8. The van der Waals surface area contributed by atoms with E-state index in [2.05, 4.69) is 54.2 Å². The number of hydrogen-bond donors (Lipinski definition) is 4. The van der Waals surface area contributed by atoms with Gasteiger partial charge in [0.1, 0.15) is 5.78 Å². The molecule has 0 aromatic carbocycles. The van der Waals surface area contributed by atoms with E-state index in [9.17, 15) is 24.0 Å². The molecule has 0 saturated carbocycles. The SMILES string of the molecule is CCNC(=O)/C=C/c1[c-]nc(=O)n([C@H]2[CH-]C(C)CO2)c1.[2H]OCC.[2H]OC[C@H]1O[C@@H](n2cc(/C=C/C(C)=O)[c-]nc2=O)[CH-]C1C.[2H]OC[C@H]1O[C@@H](n2cc(/C=C/CC)[c-]nc2=O)[CH-]C1C.[3H]C.[3H]C.[3H]C.[W].[W].[W].[Y].[Y].[Y]. The topological polar surface area (TPSA) is 239 Å². The second kappa shape index (κ2) is 46.3. The van der Waals surface area contributed by atoms with E-state index in [-0.39, 0.29) is 210 Å². The molecule has 4 N–H and O–H groups in total. The summed E-state index contributed by atoms with van der Waals surface area (Å²) in [5.74, 6) is 0.149. The molecule has 6 heterocycles. The number of carbonyl (C=O) groups excluding carboxylic acids is 2. The number of aliphatic hydroxyl groups is 3.